The summed E-state index contributed by atoms with van der Waals surface area (Å²) in [5.41, 5.74) is 0.932. The molecule has 0 aliphatic carbocycles. The van der Waals surface area contributed by atoms with Crippen LogP contribution in [-0.2, 0) is 6.42 Å². The lowest BCUT2D eigenvalue weighted by atomic mass is 10.1. The number of hydrogen-bond donors (Lipinski definition) is 1. The van der Waals surface area contributed by atoms with Gasteiger partial charge in [-0.3, -0.25) is 4.79 Å². The Morgan fingerprint density at radius 1 is 1.09 bits per heavy atom. The molecule has 0 atom stereocenters. The van der Waals surface area contributed by atoms with E-state index in [1.807, 2.05) is 31.2 Å². The van der Waals surface area contributed by atoms with E-state index in [0.29, 0.717) is 4.88 Å². The first-order valence-electron chi connectivity index (χ1n) is 7.27. The molecule has 0 spiro atoms. The Morgan fingerprint density at radius 3 is 2.48 bits per heavy atom. The Balaban J connectivity index is 1.71. The average Bonchev–Trinajstić information content (AvgIpc) is 2.88. The van der Waals surface area contributed by atoms with Crippen LogP contribution in [0.15, 0.2) is 42.5 Å². The van der Waals surface area contributed by atoms with E-state index in [-0.39, 0.29) is 24.4 Å². The summed E-state index contributed by atoms with van der Waals surface area (Å²) in [7, 11) is 0. The van der Waals surface area contributed by atoms with Gasteiger partial charge < -0.3 is 5.32 Å². The maximum atomic E-state index is 13.6. The average molecular weight is 331 g/mol. The van der Waals surface area contributed by atoms with Crippen LogP contribution in [0.25, 0.3) is 10.1 Å². The molecule has 5 heteroatoms. The minimum Gasteiger partial charge on any atom is -0.351 e. The van der Waals surface area contributed by atoms with Crippen LogP contribution in [0.2, 0.25) is 0 Å². The van der Waals surface area contributed by atoms with Crippen molar-refractivity contribution in [1.29, 1.82) is 0 Å². The third-order valence-electron chi connectivity index (χ3n) is 3.77. The molecule has 0 saturated carbocycles. The Labute approximate surface area is 136 Å². The van der Waals surface area contributed by atoms with Crippen LogP contribution in [0.3, 0.4) is 0 Å². The lowest BCUT2D eigenvalue weighted by Crippen LogP contribution is -2.26. The summed E-state index contributed by atoms with van der Waals surface area (Å²) in [5.74, 6) is -1.38. The van der Waals surface area contributed by atoms with Crippen molar-refractivity contribution in [3.8, 4) is 0 Å². The number of nitrogens with one attached hydrogen (secondary N) is 1. The second-order valence-corrected chi connectivity index (χ2v) is 6.31. The molecule has 3 rings (SSSR count). The van der Waals surface area contributed by atoms with Crippen molar-refractivity contribution in [1.82, 2.24) is 5.32 Å². The predicted molar refractivity (Wildman–Crippen MR) is 89.0 cm³/mol. The molecule has 23 heavy (non-hydrogen) atoms. The van der Waals surface area contributed by atoms with Gasteiger partial charge in [0.1, 0.15) is 11.6 Å². The van der Waals surface area contributed by atoms with Crippen molar-refractivity contribution in [2.24, 2.45) is 0 Å². The Kier molecular flexibility index (Phi) is 4.39. The molecule has 0 unspecified atom stereocenters. The van der Waals surface area contributed by atoms with Crippen molar-refractivity contribution in [3.63, 3.8) is 0 Å². The smallest absolute Gasteiger partial charge is 0.261 e. The maximum absolute atomic E-state index is 13.6. The normalized spacial score (nSPS) is 10.9. The first-order valence-corrected chi connectivity index (χ1v) is 8.09. The summed E-state index contributed by atoms with van der Waals surface area (Å²) in [4.78, 5) is 12.9. The molecule has 2 nitrogen and oxygen atoms in total. The van der Waals surface area contributed by atoms with Crippen LogP contribution in [0.1, 0.15) is 20.8 Å². The van der Waals surface area contributed by atoms with Gasteiger partial charge >= 0.3 is 0 Å². The summed E-state index contributed by atoms with van der Waals surface area (Å²) < 4.78 is 28.2. The fourth-order valence-corrected chi connectivity index (χ4v) is 3.67. The fraction of sp³-hybridized carbons (Fsp3) is 0.167. The number of halogens is 2. The van der Waals surface area contributed by atoms with Gasteiger partial charge in [0.2, 0.25) is 0 Å². The third kappa shape index (κ3) is 3.10. The molecule has 0 aliphatic heterocycles. The minimum atomic E-state index is -0.586. The van der Waals surface area contributed by atoms with E-state index in [4.69, 9.17) is 0 Å². The molecule has 0 radical (unpaired) electrons. The number of hydrogen-bond acceptors (Lipinski definition) is 2. The molecule has 0 aliphatic rings. The number of rotatable bonds is 4. The highest BCUT2D eigenvalue weighted by Gasteiger charge is 2.15. The number of aryl methyl sites for hydroxylation is 1. The largest absolute Gasteiger partial charge is 0.351 e. The molecule has 0 fully saturated rings. The van der Waals surface area contributed by atoms with E-state index in [1.165, 1.54) is 29.5 Å². The van der Waals surface area contributed by atoms with E-state index < -0.39 is 11.6 Å². The lowest BCUT2D eigenvalue weighted by Gasteiger charge is -2.06. The Hall–Kier alpha value is -2.27. The zero-order valence-corrected chi connectivity index (χ0v) is 13.3. The van der Waals surface area contributed by atoms with Crippen molar-refractivity contribution in [2.45, 2.75) is 13.3 Å². The first kappa shape index (κ1) is 15.6. The molecular formula is C18H15F2NOS. The highest BCUT2D eigenvalue weighted by Crippen LogP contribution is 2.30. The first-order chi connectivity index (χ1) is 11.1. The van der Waals surface area contributed by atoms with Gasteiger partial charge in [-0.15, -0.1) is 11.3 Å². The van der Waals surface area contributed by atoms with Crippen molar-refractivity contribution in [3.05, 3.63) is 70.1 Å². The monoisotopic (exact) mass is 331 g/mol. The van der Waals surface area contributed by atoms with Gasteiger partial charge in [-0.05, 0) is 42.5 Å². The molecule has 1 aromatic heterocycles. The van der Waals surface area contributed by atoms with E-state index in [0.717, 1.165) is 15.6 Å². The van der Waals surface area contributed by atoms with E-state index in [9.17, 15) is 13.6 Å². The maximum Gasteiger partial charge on any atom is 0.261 e. The van der Waals surface area contributed by atoms with E-state index in [1.54, 1.807) is 0 Å². The number of thiophene rings is 1. The topological polar surface area (TPSA) is 29.1 Å². The number of carbonyl (C=O) groups is 1. The van der Waals surface area contributed by atoms with Crippen LogP contribution in [0, 0.1) is 18.6 Å². The van der Waals surface area contributed by atoms with Crippen LogP contribution >= 0.6 is 11.3 Å². The highest BCUT2D eigenvalue weighted by atomic mass is 32.1. The van der Waals surface area contributed by atoms with Gasteiger partial charge in [-0.25, -0.2) is 8.78 Å². The van der Waals surface area contributed by atoms with Crippen molar-refractivity contribution >= 4 is 27.3 Å². The lowest BCUT2D eigenvalue weighted by molar-refractivity contribution is 0.0957. The summed E-state index contributed by atoms with van der Waals surface area (Å²) in [5, 5.41) is 3.80. The third-order valence-corrected chi connectivity index (χ3v) is 5.04. The van der Waals surface area contributed by atoms with Gasteiger partial charge in [0.05, 0.1) is 4.88 Å². The van der Waals surface area contributed by atoms with Gasteiger partial charge in [0.25, 0.3) is 5.91 Å². The quantitative estimate of drug-likeness (QED) is 0.751. The van der Waals surface area contributed by atoms with Gasteiger partial charge in [-0.1, -0.05) is 24.3 Å². The summed E-state index contributed by atoms with van der Waals surface area (Å²) in [6, 6.07) is 11.6. The van der Waals surface area contributed by atoms with Crippen molar-refractivity contribution < 1.29 is 13.6 Å². The summed E-state index contributed by atoms with van der Waals surface area (Å²) >= 11 is 1.42. The number of amides is 1. The van der Waals surface area contributed by atoms with Crippen LogP contribution < -0.4 is 5.32 Å². The second kappa shape index (κ2) is 6.46. The second-order valence-electron chi connectivity index (χ2n) is 5.26. The zero-order valence-electron chi connectivity index (χ0n) is 12.5. The van der Waals surface area contributed by atoms with E-state index >= 15 is 0 Å². The van der Waals surface area contributed by atoms with Gasteiger partial charge in [0, 0.05) is 16.8 Å². The Bertz CT molecular complexity index is 852. The molecule has 3 aromatic rings. The number of carbonyl (C=O) groups excluding carboxylic acids is 1. The van der Waals surface area contributed by atoms with Crippen LogP contribution in [0.4, 0.5) is 8.78 Å². The molecule has 0 saturated heterocycles. The Morgan fingerprint density at radius 2 is 1.78 bits per heavy atom. The highest BCUT2D eigenvalue weighted by molar-refractivity contribution is 7.21. The summed E-state index contributed by atoms with van der Waals surface area (Å²) in [6.45, 7) is 2.09. The van der Waals surface area contributed by atoms with Gasteiger partial charge in [0.15, 0.2) is 0 Å². The zero-order chi connectivity index (χ0) is 16.4. The standard InChI is InChI=1S/C18H15F2NOS/c1-11-12-5-2-3-8-16(12)23-17(11)18(22)21-10-9-13-14(19)6-4-7-15(13)20/h2-8H,9-10H2,1H3,(H,21,22). The predicted octanol–water partition coefficient (Wildman–Crippen LogP) is 4.46. The van der Waals surface area contributed by atoms with Crippen LogP contribution in [-0.4, -0.2) is 12.5 Å². The fourth-order valence-electron chi connectivity index (χ4n) is 2.54. The number of benzene rings is 2. The van der Waals surface area contributed by atoms with Gasteiger partial charge in [-0.2, -0.15) is 0 Å². The molecule has 1 N–H and O–H groups in total. The summed E-state index contributed by atoms with van der Waals surface area (Å²) in [6.07, 6.45) is 0.119. The van der Waals surface area contributed by atoms with Crippen molar-refractivity contribution in [2.75, 3.05) is 6.54 Å². The molecule has 1 heterocycles. The van der Waals surface area contributed by atoms with Crippen LogP contribution in [0.5, 0.6) is 0 Å². The SMILES string of the molecule is Cc1c(C(=O)NCCc2c(F)cccc2F)sc2ccccc12. The number of fused-ring (bicyclic) bond motifs is 1. The molecule has 1 amide bonds. The molecule has 118 valence electrons. The molecule has 0 bridgehead atoms. The molecule has 2 aromatic carbocycles. The minimum absolute atomic E-state index is 0.000799. The van der Waals surface area contributed by atoms with E-state index in [2.05, 4.69) is 5.32 Å². The molecular weight excluding hydrogens is 316 g/mol.